The van der Waals surface area contributed by atoms with Gasteiger partial charge in [0.25, 0.3) is 0 Å². The van der Waals surface area contributed by atoms with Gasteiger partial charge in [0, 0.05) is 12.1 Å². The van der Waals surface area contributed by atoms with Crippen LogP contribution in [0.2, 0.25) is 0 Å². The minimum absolute atomic E-state index is 0.0515. The maximum absolute atomic E-state index is 13.7. The molecule has 3 N–H and O–H groups in total. The maximum atomic E-state index is 13.7. The predicted octanol–water partition coefficient (Wildman–Crippen LogP) is 3.79. The Hall–Kier alpha value is -4.73. The van der Waals surface area contributed by atoms with Crippen molar-refractivity contribution in [2.24, 2.45) is 0 Å². The summed E-state index contributed by atoms with van der Waals surface area (Å²) in [5.41, 5.74) is 0.870. The Kier molecular flexibility index (Phi) is 7.84. The standard InChI is InChI=1S/C28H26F2N6O7/c1-2-9-31-28(39)35-23-20-24(33-12-32-23)36(13-34-20)25-22-21(42-27(43-22)14-3-5-15(29)6-4-14)19(41-25)11-40-18-8-7-16(30)10-17(18)26(37)38/h3-8,10,12-13,19,21-22,25,27H,2,9,11H2,1H3,(H,37,38)(H2,31,32,33,35,39)/t19?,21?,22?,25?,27-/m0/s1. The van der Waals surface area contributed by atoms with Crippen molar-refractivity contribution < 1.29 is 42.4 Å². The molecule has 43 heavy (non-hydrogen) atoms. The zero-order valence-corrected chi connectivity index (χ0v) is 22.6. The SMILES string of the molecule is CCCNC(=O)Nc1ncnc2c1ncn2C1OC(COc2ccc(F)cc2C(=O)O)C2O[C@H](c3ccc(F)cc3)OC21. The average molecular weight is 597 g/mol. The van der Waals surface area contributed by atoms with Crippen molar-refractivity contribution in [2.75, 3.05) is 18.5 Å². The topological polar surface area (TPSA) is 159 Å². The number of hydrogen-bond donors (Lipinski definition) is 3. The first-order chi connectivity index (χ1) is 20.8. The summed E-state index contributed by atoms with van der Waals surface area (Å²) in [7, 11) is 0. The molecule has 2 amide bonds. The van der Waals surface area contributed by atoms with Crippen LogP contribution in [0.5, 0.6) is 5.75 Å². The van der Waals surface area contributed by atoms with E-state index >= 15 is 0 Å². The summed E-state index contributed by atoms with van der Waals surface area (Å²) >= 11 is 0. The largest absolute Gasteiger partial charge is 0.490 e. The Morgan fingerprint density at radius 3 is 2.56 bits per heavy atom. The number of ether oxygens (including phenoxy) is 4. The highest BCUT2D eigenvalue weighted by atomic mass is 19.1. The number of urea groups is 1. The van der Waals surface area contributed by atoms with Gasteiger partial charge in [-0.15, -0.1) is 0 Å². The van der Waals surface area contributed by atoms with Crippen LogP contribution >= 0.6 is 0 Å². The number of hydrogen-bond acceptors (Lipinski definition) is 9. The highest BCUT2D eigenvalue weighted by molar-refractivity contribution is 5.95. The maximum Gasteiger partial charge on any atom is 0.339 e. The van der Waals surface area contributed by atoms with Crippen molar-refractivity contribution in [3.8, 4) is 5.75 Å². The van der Waals surface area contributed by atoms with Gasteiger partial charge in [-0.3, -0.25) is 9.88 Å². The van der Waals surface area contributed by atoms with Gasteiger partial charge in [-0.2, -0.15) is 0 Å². The molecule has 0 aliphatic carbocycles. The second kappa shape index (κ2) is 11.9. The first-order valence-corrected chi connectivity index (χ1v) is 13.4. The van der Waals surface area contributed by atoms with Gasteiger partial charge < -0.3 is 29.4 Å². The fourth-order valence-electron chi connectivity index (χ4n) is 4.96. The number of carboxylic acids is 1. The number of carboxylic acid groups (broad SMARTS) is 1. The molecule has 2 aliphatic rings. The molecule has 2 aromatic heterocycles. The molecule has 4 unspecified atom stereocenters. The first-order valence-electron chi connectivity index (χ1n) is 13.4. The van der Waals surface area contributed by atoms with Gasteiger partial charge in [-0.25, -0.2) is 33.3 Å². The number of aromatic nitrogens is 4. The van der Waals surface area contributed by atoms with Gasteiger partial charge in [0.05, 0.1) is 6.33 Å². The number of carbonyl (C=O) groups is 2. The van der Waals surface area contributed by atoms with Crippen LogP contribution in [0.4, 0.5) is 19.4 Å². The Morgan fingerprint density at radius 1 is 1.02 bits per heavy atom. The number of amides is 2. The van der Waals surface area contributed by atoms with Crippen molar-refractivity contribution in [1.82, 2.24) is 24.8 Å². The average Bonchev–Trinajstić information content (AvgIpc) is 3.70. The second-order valence-corrected chi connectivity index (χ2v) is 9.83. The zero-order chi connectivity index (χ0) is 30.1. The fraction of sp³-hybridized carbons (Fsp3) is 0.321. The molecule has 2 saturated heterocycles. The molecular weight excluding hydrogens is 570 g/mol. The van der Waals surface area contributed by atoms with E-state index < -0.39 is 54.5 Å². The van der Waals surface area contributed by atoms with E-state index in [4.69, 9.17) is 18.9 Å². The molecule has 2 aliphatic heterocycles. The summed E-state index contributed by atoms with van der Waals surface area (Å²) in [6, 6.07) is 8.40. The predicted molar refractivity (Wildman–Crippen MR) is 144 cm³/mol. The van der Waals surface area contributed by atoms with Crippen molar-refractivity contribution in [1.29, 1.82) is 0 Å². The van der Waals surface area contributed by atoms with Crippen LogP contribution in [0.15, 0.2) is 55.1 Å². The fourth-order valence-corrected chi connectivity index (χ4v) is 4.96. The van der Waals surface area contributed by atoms with E-state index in [-0.39, 0.29) is 23.7 Å². The molecule has 0 saturated carbocycles. The first kappa shape index (κ1) is 28.4. The van der Waals surface area contributed by atoms with E-state index in [0.717, 1.165) is 18.6 Å². The molecule has 6 rings (SSSR count). The summed E-state index contributed by atoms with van der Waals surface area (Å²) in [6.07, 6.45) is -0.448. The lowest BCUT2D eigenvalue weighted by Crippen LogP contribution is -2.33. The van der Waals surface area contributed by atoms with Crippen molar-refractivity contribution in [3.05, 3.63) is 77.9 Å². The number of imidazole rings is 1. The lowest BCUT2D eigenvalue weighted by Gasteiger charge is -2.22. The molecule has 2 fully saturated rings. The molecule has 0 spiro atoms. The summed E-state index contributed by atoms with van der Waals surface area (Å²) < 4.78 is 53.4. The Bertz CT molecular complexity index is 1650. The van der Waals surface area contributed by atoms with Gasteiger partial charge in [-0.1, -0.05) is 19.1 Å². The van der Waals surface area contributed by atoms with Gasteiger partial charge >= 0.3 is 12.0 Å². The quantitative estimate of drug-likeness (QED) is 0.260. The van der Waals surface area contributed by atoms with Gasteiger partial charge in [0.1, 0.15) is 54.2 Å². The number of nitrogens with one attached hydrogen (secondary N) is 2. The van der Waals surface area contributed by atoms with Crippen LogP contribution in [0, 0.1) is 11.6 Å². The van der Waals surface area contributed by atoms with Crippen molar-refractivity contribution in [2.45, 2.75) is 44.2 Å². The molecular formula is C28H26F2N6O7. The minimum atomic E-state index is -1.35. The zero-order valence-electron chi connectivity index (χ0n) is 22.6. The molecule has 2 aromatic carbocycles. The molecule has 15 heteroatoms. The normalized spacial score (nSPS) is 22.8. The smallest absolute Gasteiger partial charge is 0.339 e. The van der Waals surface area contributed by atoms with Crippen molar-refractivity contribution >= 4 is 29.0 Å². The van der Waals surface area contributed by atoms with Crippen LogP contribution in [0.1, 0.15) is 41.8 Å². The summed E-state index contributed by atoms with van der Waals surface area (Å²) in [5, 5.41) is 14.9. The van der Waals surface area contributed by atoms with E-state index in [2.05, 4.69) is 25.6 Å². The third-order valence-corrected chi connectivity index (χ3v) is 6.96. The minimum Gasteiger partial charge on any atom is -0.490 e. The number of fused-ring (bicyclic) bond motifs is 2. The number of aromatic carboxylic acids is 1. The van der Waals surface area contributed by atoms with Gasteiger partial charge in [0.15, 0.2) is 29.5 Å². The number of nitrogens with zero attached hydrogens (tertiary/aromatic N) is 4. The van der Waals surface area contributed by atoms with Crippen LogP contribution in [0.25, 0.3) is 11.2 Å². The third kappa shape index (κ3) is 5.69. The van der Waals surface area contributed by atoms with E-state index in [1.807, 2.05) is 6.92 Å². The van der Waals surface area contributed by atoms with E-state index in [9.17, 15) is 23.5 Å². The van der Waals surface area contributed by atoms with E-state index in [1.165, 1.54) is 30.9 Å². The molecule has 13 nitrogen and oxygen atoms in total. The van der Waals surface area contributed by atoms with Crippen molar-refractivity contribution in [3.63, 3.8) is 0 Å². The van der Waals surface area contributed by atoms with Crippen LogP contribution in [0.3, 0.4) is 0 Å². The third-order valence-electron chi connectivity index (χ3n) is 6.96. The second-order valence-electron chi connectivity index (χ2n) is 9.83. The summed E-state index contributed by atoms with van der Waals surface area (Å²) in [4.78, 5) is 36.8. The molecule has 224 valence electrons. The molecule has 0 bridgehead atoms. The highest BCUT2D eigenvalue weighted by Crippen LogP contribution is 2.45. The molecule has 5 atom stereocenters. The highest BCUT2D eigenvalue weighted by Gasteiger charge is 2.54. The number of anilines is 1. The number of carbonyl (C=O) groups excluding carboxylic acids is 1. The van der Waals surface area contributed by atoms with Crippen LogP contribution in [-0.2, 0) is 14.2 Å². The molecule has 4 aromatic rings. The summed E-state index contributed by atoms with van der Waals surface area (Å²) in [6.45, 7) is 2.24. The van der Waals surface area contributed by atoms with E-state index in [0.29, 0.717) is 23.3 Å². The number of rotatable bonds is 9. The monoisotopic (exact) mass is 596 g/mol. The lowest BCUT2D eigenvalue weighted by molar-refractivity contribution is -0.152. The molecule has 0 radical (unpaired) electrons. The van der Waals surface area contributed by atoms with Crippen LogP contribution < -0.4 is 15.4 Å². The van der Waals surface area contributed by atoms with Crippen LogP contribution in [-0.4, -0.2) is 68.1 Å². The van der Waals surface area contributed by atoms with Gasteiger partial charge in [-0.05, 0) is 36.8 Å². The van der Waals surface area contributed by atoms with E-state index in [1.54, 1.807) is 16.7 Å². The lowest BCUT2D eigenvalue weighted by atomic mass is 10.1. The number of benzene rings is 2. The van der Waals surface area contributed by atoms with Gasteiger partial charge in [0.2, 0.25) is 0 Å². The molecule has 4 heterocycles. The Labute approximate surface area is 242 Å². The Morgan fingerprint density at radius 2 is 1.79 bits per heavy atom. The summed E-state index contributed by atoms with van der Waals surface area (Å²) in [5.74, 6) is -2.35. The Balaban J connectivity index is 1.29. The number of halogens is 2.